The van der Waals surface area contributed by atoms with Gasteiger partial charge in [0.25, 0.3) is 0 Å². The van der Waals surface area contributed by atoms with E-state index >= 15 is 0 Å². The van der Waals surface area contributed by atoms with Gasteiger partial charge in [-0.1, -0.05) is 0 Å². The summed E-state index contributed by atoms with van der Waals surface area (Å²) in [4.78, 5) is 10.5. The maximum Gasteiger partial charge on any atom is 0.331 e. The summed E-state index contributed by atoms with van der Waals surface area (Å²) in [7, 11) is 0. The maximum absolute atomic E-state index is 10.5. The van der Waals surface area contributed by atoms with Gasteiger partial charge < -0.3 is 5.32 Å². The molecule has 1 fully saturated rings. The predicted molar refractivity (Wildman–Crippen MR) is 28.9 cm³/mol. The summed E-state index contributed by atoms with van der Waals surface area (Å²) in [6, 6.07) is 0.0185. The Morgan fingerprint density at radius 2 is 2.62 bits per heavy atom. The zero-order valence-corrected chi connectivity index (χ0v) is 4.72. The second-order valence-electron chi connectivity index (χ2n) is 2.00. The van der Waals surface area contributed by atoms with Gasteiger partial charge in [-0.3, -0.25) is 5.01 Å². The van der Waals surface area contributed by atoms with Crippen LogP contribution in [0.4, 0.5) is 4.79 Å². The molecule has 1 unspecified atom stereocenters. The van der Waals surface area contributed by atoms with E-state index in [-0.39, 0.29) is 12.1 Å². The van der Waals surface area contributed by atoms with Crippen LogP contribution < -0.4 is 11.2 Å². The van der Waals surface area contributed by atoms with Crippen LogP contribution in [0.1, 0.15) is 6.92 Å². The molecule has 46 valence electrons. The molecule has 1 rings (SSSR count). The van der Waals surface area contributed by atoms with E-state index in [9.17, 15) is 4.79 Å². The van der Waals surface area contributed by atoms with Gasteiger partial charge >= 0.3 is 6.03 Å². The minimum atomic E-state index is -0.183. The minimum Gasteiger partial charge on any atom is -0.333 e. The van der Waals surface area contributed by atoms with Gasteiger partial charge in [0.05, 0.1) is 6.54 Å². The summed E-state index contributed by atoms with van der Waals surface area (Å²) < 4.78 is 0. The third-order valence-corrected chi connectivity index (χ3v) is 1.10. The number of hydrazine groups is 1. The van der Waals surface area contributed by atoms with Crippen LogP contribution in [0.3, 0.4) is 0 Å². The quantitative estimate of drug-likeness (QED) is 0.323. The highest BCUT2D eigenvalue weighted by molar-refractivity contribution is 5.75. The van der Waals surface area contributed by atoms with Gasteiger partial charge in [-0.15, -0.1) is 0 Å². The summed E-state index contributed by atoms with van der Waals surface area (Å²) in [5.74, 6) is 5.19. The van der Waals surface area contributed by atoms with E-state index in [1.807, 2.05) is 6.92 Å². The molecule has 0 aliphatic carbocycles. The second kappa shape index (κ2) is 1.63. The van der Waals surface area contributed by atoms with Crippen LogP contribution >= 0.6 is 0 Å². The van der Waals surface area contributed by atoms with Crippen LogP contribution in [0.2, 0.25) is 0 Å². The van der Waals surface area contributed by atoms with Crippen molar-refractivity contribution in [2.24, 2.45) is 5.84 Å². The fraction of sp³-hybridized carbons (Fsp3) is 0.750. The fourth-order valence-corrected chi connectivity index (χ4v) is 0.717. The molecule has 4 heteroatoms. The Bertz CT molecular complexity index is 114. The van der Waals surface area contributed by atoms with E-state index in [2.05, 4.69) is 5.32 Å². The number of nitrogens with one attached hydrogen (secondary N) is 1. The van der Waals surface area contributed by atoms with Gasteiger partial charge in [0, 0.05) is 6.04 Å². The first kappa shape index (κ1) is 5.37. The average Bonchev–Trinajstić information content (AvgIpc) is 1.85. The smallest absolute Gasteiger partial charge is 0.331 e. The van der Waals surface area contributed by atoms with Crippen molar-refractivity contribution in [1.82, 2.24) is 10.3 Å². The number of rotatable bonds is 0. The van der Waals surface area contributed by atoms with E-state index < -0.39 is 0 Å². The topological polar surface area (TPSA) is 58.4 Å². The Balaban J connectivity index is 2.51. The molecule has 0 bridgehead atoms. The first-order valence-electron chi connectivity index (χ1n) is 2.53. The largest absolute Gasteiger partial charge is 0.333 e. The molecule has 2 amide bonds. The van der Waals surface area contributed by atoms with Crippen molar-refractivity contribution in [3.8, 4) is 0 Å². The zero-order chi connectivity index (χ0) is 6.15. The van der Waals surface area contributed by atoms with Gasteiger partial charge in [0.1, 0.15) is 0 Å². The van der Waals surface area contributed by atoms with E-state index in [0.29, 0.717) is 6.54 Å². The fourth-order valence-electron chi connectivity index (χ4n) is 0.717. The van der Waals surface area contributed by atoms with Gasteiger partial charge in [0.15, 0.2) is 0 Å². The lowest BCUT2D eigenvalue weighted by atomic mass is 10.4. The Hall–Kier alpha value is -0.770. The van der Waals surface area contributed by atoms with Crippen LogP contribution in [0, 0.1) is 0 Å². The summed E-state index contributed by atoms with van der Waals surface area (Å²) in [5.41, 5.74) is 0. The van der Waals surface area contributed by atoms with E-state index in [1.54, 1.807) is 0 Å². The van der Waals surface area contributed by atoms with Crippen LogP contribution in [0.15, 0.2) is 0 Å². The molecule has 1 atom stereocenters. The Kier molecular flexibility index (Phi) is 1.09. The van der Waals surface area contributed by atoms with Crippen molar-refractivity contribution in [2.45, 2.75) is 13.0 Å². The van der Waals surface area contributed by atoms with E-state index in [1.165, 1.54) is 5.01 Å². The van der Waals surface area contributed by atoms with Crippen LogP contribution in [-0.2, 0) is 0 Å². The van der Waals surface area contributed by atoms with Crippen molar-refractivity contribution >= 4 is 6.03 Å². The molecular formula is C4H9N3O. The summed E-state index contributed by atoms with van der Waals surface area (Å²) >= 11 is 0. The number of nitrogens with zero attached hydrogens (tertiary/aromatic N) is 1. The minimum absolute atomic E-state index is 0.183. The number of carbonyl (C=O) groups excluding carboxylic acids is 1. The van der Waals surface area contributed by atoms with Crippen molar-refractivity contribution in [3.05, 3.63) is 0 Å². The van der Waals surface area contributed by atoms with Crippen molar-refractivity contribution < 1.29 is 4.79 Å². The molecule has 0 aromatic rings. The SMILES string of the molecule is CC1CN(N)C(=O)N1. The number of carbonyl (C=O) groups is 1. The number of amides is 2. The highest BCUT2D eigenvalue weighted by atomic mass is 16.2. The number of hydrogen-bond acceptors (Lipinski definition) is 2. The Morgan fingerprint density at radius 1 is 2.00 bits per heavy atom. The Morgan fingerprint density at radius 3 is 2.75 bits per heavy atom. The monoisotopic (exact) mass is 115 g/mol. The van der Waals surface area contributed by atoms with E-state index in [4.69, 9.17) is 5.84 Å². The molecule has 0 aromatic carbocycles. The van der Waals surface area contributed by atoms with E-state index in [0.717, 1.165) is 0 Å². The van der Waals surface area contributed by atoms with Gasteiger partial charge in [-0.2, -0.15) is 0 Å². The molecule has 1 saturated heterocycles. The number of hydrogen-bond donors (Lipinski definition) is 2. The molecule has 1 aliphatic heterocycles. The second-order valence-corrected chi connectivity index (χ2v) is 2.00. The number of nitrogens with two attached hydrogens (primary N) is 1. The molecule has 0 saturated carbocycles. The molecule has 1 aliphatic rings. The first-order chi connectivity index (χ1) is 3.70. The van der Waals surface area contributed by atoms with Gasteiger partial charge in [-0.05, 0) is 6.92 Å². The lowest BCUT2D eigenvalue weighted by Gasteiger charge is -2.01. The van der Waals surface area contributed by atoms with Crippen molar-refractivity contribution in [2.75, 3.05) is 6.54 Å². The van der Waals surface area contributed by atoms with Crippen LogP contribution in [0.25, 0.3) is 0 Å². The molecule has 1 heterocycles. The molecule has 0 aromatic heterocycles. The Labute approximate surface area is 47.6 Å². The lowest BCUT2D eigenvalue weighted by molar-refractivity contribution is 0.218. The highest BCUT2D eigenvalue weighted by Gasteiger charge is 2.21. The third-order valence-electron chi connectivity index (χ3n) is 1.10. The molecule has 4 nitrogen and oxygen atoms in total. The lowest BCUT2D eigenvalue weighted by Crippen LogP contribution is -2.34. The molecule has 0 spiro atoms. The third kappa shape index (κ3) is 0.742. The molecule has 3 N–H and O–H groups in total. The molecular weight excluding hydrogens is 106 g/mol. The maximum atomic E-state index is 10.5. The zero-order valence-electron chi connectivity index (χ0n) is 4.72. The molecule has 8 heavy (non-hydrogen) atoms. The highest BCUT2D eigenvalue weighted by Crippen LogP contribution is 1.95. The van der Waals surface area contributed by atoms with Gasteiger partial charge in [0.2, 0.25) is 0 Å². The predicted octanol–water partition coefficient (Wildman–Crippen LogP) is -0.726. The van der Waals surface area contributed by atoms with Gasteiger partial charge in [-0.25, -0.2) is 10.6 Å². The summed E-state index contributed by atoms with van der Waals surface area (Å²) in [5, 5.41) is 3.80. The normalized spacial score (nSPS) is 28.5. The van der Waals surface area contributed by atoms with Crippen LogP contribution in [-0.4, -0.2) is 23.6 Å². The van der Waals surface area contributed by atoms with Crippen LogP contribution in [0.5, 0.6) is 0 Å². The number of urea groups is 1. The average molecular weight is 115 g/mol. The molecule has 0 radical (unpaired) electrons. The summed E-state index contributed by atoms with van der Waals surface area (Å²) in [6.07, 6.45) is 0. The van der Waals surface area contributed by atoms with Crippen molar-refractivity contribution in [1.29, 1.82) is 0 Å². The summed E-state index contributed by atoms with van der Waals surface area (Å²) in [6.45, 7) is 2.52. The standard InChI is InChI=1S/C4H9N3O/c1-3-2-7(5)4(8)6-3/h3H,2,5H2,1H3,(H,6,8). The van der Waals surface area contributed by atoms with Crippen molar-refractivity contribution in [3.63, 3.8) is 0 Å². The first-order valence-corrected chi connectivity index (χ1v) is 2.53.